The lowest BCUT2D eigenvalue weighted by Crippen LogP contribution is -2.40. The Kier molecular flexibility index (Phi) is 8.86. The highest BCUT2D eigenvalue weighted by atomic mass is 32.2. The van der Waals surface area contributed by atoms with Gasteiger partial charge in [0.25, 0.3) is 0 Å². The Morgan fingerprint density at radius 1 is 1.04 bits per heavy atom. The molecule has 11 nitrogen and oxygen atoms in total. The van der Waals surface area contributed by atoms with Gasteiger partial charge in [-0.3, -0.25) is 9.63 Å². The lowest BCUT2D eigenvalue weighted by atomic mass is 9.98. The summed E-state index contributed by atoms with van der Waals surface area (Å²) in [7, 11) is -1.58. The van der Waals surface area contributed by atoms with Crippen LogP contribution in [0.25, 0.3) is 11.1 Å². The number of methoxy groups -OCH3 is 1. The second kappa shape index (κ2) is 13.2. The van der Waals surface area contributed by atoms with Crippen molar-refractivity contribution in [1.29, 1.82) is 0 Å². The lowest BCUT2D eigenvalue weighted by molar-refractivity contribution is -0.111. The molecule has 238 valence electrons. The number of halogens is 1. The third-order valence-electron chi connectivity index (χ3n) is 7.92. The quantitative estimate of drug-likeness (QED) is 0.233. The van der Waals surface area contributed by atoms with Crippen LogP contribution in [0.2, 0.25) is 0 Å². The van der Waals surface area contributed by atoms with E-state index in [1.54, 1.807) is 29.3 Å². The zero-order valence-electron chi connectivity index (χ0n) is 25.1. The predicted molar refractivity (Wildman–Crippen MR) is 176 cm³/mol. The van der Waals surface area contributed by atoms with E-state index >= 15 is 0 Å². The van der Waals surface area contributed by atoms with Crippen LogP contribution in [0.15, 0.2) is 85.7 Å². The summed E-state index contributed by atoms with van der Waals surface area (Å²) in [4.78, 5) is 29.1. The smallest absolute Gasteiger partial charge is 0.247 e. The van der Waals surface area contributed by atoms with Gasteiger partial charge in [-0.25, -0.2) is 27.8 Å². The first-order chi connectivity index (χ1) is 22.2. The molecule has 0 unspecified atom stereocenters. The van der Waals surface area contributed by atoms with Crippen molar-refractivity contribution >= 4 is 44.4 Å². The number of benzene rings is 3. The highest BCUT2D eigenvalue weighted by Crippen LogP contribution is 2.40. The van der Waals surface area contributed by atoms with Crippen molar-refractivity contribution in [2.75, 3.05) is 58.9 Å². The average molecular weight is 645 g/mol. The average Bonchev–Trinajstić information content (AvgIpc) is 3.56. The number of hydrogen-bond acceptors (Lipinski definition) is 10. The molecule has 2 aliphatic rings. The normalized spacial score (nSPS) is 17.4. The van der Waals surface area contributed by atoms with Crippen LogP contribution in [0.3, 0.4) is 0 Å². The van der Waals surface area contributed by atoms with E-state index in [2.05, 4.69) is 27.2 Å². The Bertz CT molecular complexity index is 1870. The van der Waals surface area contributed by atoms with Crippen molar-refractivity contribution in [3.8, 4) is 16.9 Å². The molecule has 1 atom stereocenters. The number of carbonyl (C=O) groups is 1. The first-order valence-corrected chi connectivity index (χ1v) is 16.5. The minimum atomic E-state index is -3.11. The number of nitrogens with zero attached hydrogens (tertiary/aromatic N) is 4. The first kappa shape index (κ1) is 31.0. The zero-order chi connectivity index (χ0) is 32.3. The maximum Gasteiger partial charge on any atom is 0.247 e. The molecule has 0 radical (unpaired) electrons. The predicted octanol–water partition coefficient (Wildman–Crippen LogP) is 5.28. The maximum atomic E-state index is 13.9. The Morgan fingerprint density at radius 3 is 2.54 bits per heavy atom. The number of ether oxygens (including phenoxy) is 1. The van der Waals surface area contributed by atoms with E-state index < -0.39 is 15.7 Å². The van der Waals surface area contributed by atoms with Gasteiger partial charge in [-0.05, 0) is 47.0 Å². The Balaban J connectivity index is 1.28. The topological polar surface area (TPSA) is 126 Å². The summed E-state index contributed by atoms with van der Waals surface area (Å²) in [5, 5.41) is 7.85. The van der Waals surface area contributed by atoms with Crippen LogP contribution >= 0.6 is 0 Å². The van der Waals surface area contributed by atoms with E-state index in [4.69, 9.17) is 9.57 Å². The molecule has 1 amide bonds. The molecule has 0 saturated carbocycles. The summed E-state index contributed by atoms with van der Waals surface area (Å²) in [6, 6.07) is 19.5. The van der Waals surface area contributed by atoms with Crippen molar-refractivity contribution in [3.05, 3.63) is 97.1 Å². The van der Waals surface area contributed by atoms with Gasteiger partial charge in [0.05, 0.1) is 48.3 Å². The van der Waals surface area contributed by atoms with Crippen LogP contribution in [-0.4, -0.2) is 62.6 Å². The van der Waals surface area contributed by atoms with Gasteiger partial charge in [-0.2, -0.15) is 0 Å². The van der Waals surface area contributed by atoms with Crippen LogP contribution in [0.1, 0.15) is 18.0 Å². The number of carbonyl (C=O) groups excluding carboxylic acids is 1. The summed E-state index contributed by atoms with van der Waals surface area (Å²) in [6.07, 6.45) is 3.31. The number of amides is 1. The Morgan fingerprint density at radius 2 is 1.80 bits per heavy atom. The lowest BCUT2D eigenvalue weighted by Gasteiger charge is -2.31. The van der Waals surface area contributed by atoms with Gasteiger partial charge in [0.1, 0.15) is 23.7 Å². The standard InChI is InChI=1S/C33H33FN6O5S/c1-3-33(41)38-26-18-27(30(44-2)19-29(26)39-11-14-46(42,43)15-12-39)37-31-20-32(36-21-35-31)40-28(10-13-45-40)24-8-4-6-22(16-24)23-7-5-9-25(34)17-23/h3-9,16-21,28H,1,10-15H2,2H3,(H,38,41)(H,35,36,37)/t28-/m1/s1. The molecule has 0 bridgehead atoms. The fourth-order valence-corrected chi connectivity index (χ4v) is 6.80. The summed E-state index contributed by atoms with van der Waals surface area (Å²) in [5.74, 6) is 0.767. The van der Waals surface area contributed by atoms with Crippen LogP contribution in [0.4, 0.5) is 33.1 Å². The van der Waals surface area contributed by atoms with Crippen LogP contribution in [-0.2, 0) is 19.5 Å². The molecule has 2 fully saturated rings. The summed E-state index contributed by atoms with van der Waals surface area (Å²) in [5.41, 5.74) is 4.29. The largest absolute Gasteiger partial charge is 0.494 e. The molecular weight excluding hydrogens is 611 g/mol. The molecule has 4 aromatic rings. The number of rotatable bonds is 9. The first-order valence-electron chi connectivity index (χ1n) is 14.7. The minimum Gasteiger partial charge on any atom is -0.494 e. The molecule has 0 aliphatic carbocycles. The Labute approximate surface area is 266 Å². The number of aromatic nitrogens is 2. The highest BCUT2D eigenvalue weighted by molar-refractivity contribution is 7.91. The number of nitrogens with one attached hydrogen (secondary N) is 2. The zero-order valence-corrected chi connectivity index (χ0v) is 26.0. The molecular formula is C33H33FN6O5S. The van der Waals surface area contributed by atoms with Gasteiger partial charge in [-0.15, -0.1) is 0 Å². The fourth-order valence-electron chi connectivity index (χ4n) is 5.60. The van der Waals surface area contributed by atoms with Gasteiger partial charge in [0.2, 0.25) is 5.91 Å². The van der Waals surface area contributed by atoms with Crippen LogP contribution in [0.5, 0.6) is 5.75 Å². The van der Waals surface area contributed by atoms with E-state index in [0.29, 0.717) is 41.1 Å². The summed E-state index contributed by atoms with van der Waals surface area (Å²) >= 11 is 0. The fraction of sp³-hybridized carbons (Fsp3) is 0.242. The van der Waals surface area contributed by atoms with E-state index in [1.807, 2.05) is 35.2 Å². The number of hydrogen-bond donors (Lipinski definition) is 2. The van der Waals surface area contributed by atoms with Crippen molar-refractivity contribution in [1.82, 2.24) is 9.97 Å². The Hall–Kier alpha value is -5.01. The minimum absolute atomic E-state index is 0.0164. The number of hydroxylamine groups is 1. The molecule has 2 aliphatic heterocycles. The summed E-state index contributed by atoms with van der Waals surface area (Å²) < 4.78 is 43.7. The van der Waals surface area contributed by atoms with Crippen molar-refractivity contribution < 1.29 is 27.2 Å². The molecule has 0 spiro atoms. The van der Waals surface area contributed by atoms with E-state index in [0.717, 1.165) is 23.1 Å². The monoisotopic (exact) mass is 644 g/mol. The third kappa shape index (κ3) is 6.80. The molecule has 1 aromatic heterocycles. The van der Waals surface area contributed by atoms with Crippen molar-refractivity contribution in [2.24, 2.45) is 0 Å². The molecule has 46 heavy (non-hydrogen) atoms. The number of sulfone groups is 1. The molecule has 2 saturated heterocycles. The van der Waals surface area contributed by atoms with E-state index in [9.17, 15) is 17.6 Å². The third-order valence-corrected chi connectivity index (χ3v) is 9.53. The van der Waals surface area contributed by atoms with Gasteiger partial charge in [0.15, 0.2) is 15.7 Å². The van der Waals surface area contributed by atoms with Crippen molar-refractivity contribution in [3.63, 3.8) is 0 Å². The van der Waals surface area contributed by atoms with Crippen LogP contribution < -0.4 is 25.3 Å². The van der Waals surface area contributed by atoms with Gasteiger partial charge < -0.3 is 20.3 Å². The molecule has 6 rings (SSSR count). The van der Waals surface area contributed by atoms with Gasteiger partial charge in [0, 0.05) is 31.6 Å². The number of anilines is 5. The van der Waals surface area contributed by atoms with E-state index in [-0.39, 0.29) is 36.5 Å². The van der Waals surface area contributed by atoms with Crippen LogP contribution in [0, 0.1) is 5.82 Å². The highest BCUT2D eigenvalue weighted by Gasteiger charge is 2.30. The summed E-state index contributed by atoms with van der Waals surface area (Å²) in [6.45, 7) is 4.60. The molecule has 3 heterocycles. The molecule has 3 aromatic carbocycles. The van der Waals surface area contributed by atoms with Crippen molar-refractivity contribution in [2.45, 2.75) is 12.5 Å². The molecule has 2 N–H and O–H groups in total. The van der Waals surface area contributed by atoms with E-state index in [1.165, 1.54) is 31.6 Å². The second-order valence-electron chi connectivity index (χ2n) is 10.9. The van der Waals surface area contributed by atoms with Gasteiger partial charge >= 0.3 is 0 Å². The SMILES string of the molecule is C=CC(=O)Nc1cc(Nc2cc(N3OCC[C@@H]3c3cccc(-c4cccc(F)c4)c3)ncn2)c(OC)cc1N1CCS(=O)(=O)CC1. The maximum absolute atomic E-state index is 13.9. The molecule has 13 heteroatoms. The second-order valence-corrected chi connectivity index (χ2v) is 13.2. The van der Waals surface area contributed by atoms with Gasteiger partial charge in [-0.1, -0.05) is 36.9 Å².